The summed E-state index contributed by atoms with van der Waals surface area (Å²) in [6.45, 7) is 4.07. The number of allylic oxidation sites excluding steroid dienone is 1. The Hall–Kier alpha value is -1.90. The van der Waals surface area contributed by atoms with Crippen LogP contribution in [-0.4, -0.2) is 17.7 Å². The van der Waals surface area contributed by atoms with Crippen molar-refractivity contribution in [3.8, 4) is 0 Å². The summed E-state index contributed by atoms with van der Waals surface area (Å²) >= 11 is 0. The van der Waals surface area contributed by atoms with E-state index in [2.05, 4.69) is 0 Å². The van der Waals surface area contributed by atoms with Crippen LogP contribution < -0.4 is 0 Å². The minimum Gasteiger partial charge on any atom is -0.485 e. The van der Waals surface area contributed by atoms with Gasteiger partial charge in [-0.15, -0.1) is 0 Å². The van der Waals surface area contributed by atoms with Gasteiger partial charge < -0.3 is 4.74 Å². The Kier molecular flexibility index (Phi) is 2.37. The summed E-state index contributed by atoms with van der Waals surface area (Å²) in [5.41, 5.74) is 1.53. The van der Waals surface area contributed by atoms with Crippen molar-refractivity contribution in [3.63, 3.8) is 0 Å². The van der Waals surface area contributed by atoms with Gasteiger partial charge in [-0.2, -0.15) is 0 Å². The molecule has 0 saturated carbocycles. The highest BCUT2D eigenvalue weighted by Crippen LogP contribution is 2.37. The maximum Gasteiger partial charge on any atom is 0.228 e. The largest absolute Gasteiger partial charge is 0.485 e. The summed E-state index contributed by atoms with van der Waals surface area (Å²) < 4.78 is 5.68. The Balaban J connectivity index is 2.06. The predicted molar refractivity (Wildman–Crippen MR) is 66.5 cm³/mol. The molecule has 2 aliphatic rings. The van der Waals surface area contributed by atoms with Gasteiger partial charge in [-0.05, 0) is 5.92 Å². The molecule has 0 spiro atoms. The van der Waals surface area contributed by atoms with Gasteiger partial charge in [-0.3, -0.25) is 9.59 Å². The van der Waals surface area contributed by atoms with E-state index in [1.54, 1.807) is 24.3 Å². The maximum absolute atomic E-state index is 12.3. The molecule has 0 radical (unpaired) electrons. The Morgan fingerprint density at radius 2 is 1.72 bits per heavy atom. The first-order valence-corrected chi connectivity index (χ1v) is 6.18. The molecule has 0 aromatic heterocycles. The highest BCUT2D eigenvalue weighted by atomic mass is 16.5. The van der Waals surface area contributed by atoms with Crippen molar-refractivity contribution >= 4 is 11.6 Å². The smallest absolute Gasteiger partial charge is 0.228 e. The van der Waals surface area contributed by atoms with Crippen LogP contribution in [-0.2, 0) is 4.74 Å². The SMILES string of the molecule is CC(C)[C@H]1CC2=C(O1)C(=O)c1ccccc1C2=O. The van der Waals surface area contributed by atoms with E-state index in [4.69, 9.17) is 4.74 Å². The fourth-order valence-electron chi connectivity index (χ4n) is 2.48. The Morgan fingerprint density at radius 1 is 1.11 bits per heavy atom. The molecule has 3 heteroatoms. The first kappa shape index (κ1) is 11.2. The standard InChI is InChI=1S/C15H14O3/c1-8(2)12-7-11-13(16)9-5-3-4-6-10(9)14(17)15(11)18-12/h3-6,8,12H,7H2,1-2H3/t12-/m1/s1. The molecule has 1 atom stereocenters. The lowest BCUT2D eigenvalue weighted by molar-refractivity contribution is 0.0741. The summed E-state index contributed by atoms with van der Waals surface area (Å²) in [4.78, 5) is 24.6. The number of ether oxygens (including phenoxy) is 1. The summed E-state index contributed by atoms with van der Waals surface area (Å²) in [5, 5.41) is 0. The molecule has 92 valence electrons. The fourth-order valence-corrected chi connectivity index (χ4v) is 2.48. The number of ketones is 2. The van der Waals surface area contributed by atoms with Crippen LogP contribution in [0.3, 0.4) is 0 Å². The Labute approximate surface area is 105 Å². The summed E-state index contributed by atoms with van der Waals surface area (Å²) in [7, 11) is 0. The van der Waals surface area contributed by atoms with Gasteiger partial charge in [0.1, 0.15) is 6.10 Å². The van der Waals surface area contributed by atoms with Gasteiger partial charge in [0.25, 0.3) is 0 Å². The van der Waals surface area contributed by atoms with Crippen LogP contribution in [0.2, 0.25) is 0 Å². The van der Waals surface area contributed by atoms with Crippen molar-refractivity contribution in [3.05, 3.63) is 46.7 Å². The van der Waals surface area contributed by atoms with Crippen LogP contribution in [0.15, 0.2) is 35.6 Å². The minimum absolute atomic E-state index is 0.0525. The normalized spacial score (nSPS) is 22.1. The van der Waals surface area contributed by atoms with E-state index in [9.17, 15) is 9.59 Å². The van der Waals surface area contributed by atoms with Gasteiger partial charge in [0, 0.05) is 23.1 Å². The zero-order chi connectivity index (χ0) is 12.9. The van der Waals surface area contributed by atoms with Crippen LogP contribution >= 0.6 is 0 Å². The van der Waals surface area contributed by atoms with E-state index in [-0.39, 0.29) is 23.4 Å². The molecule has 1 heterocycles. The molecule has 0 fully saturated rings. The molecule has 3 nitrogen and oxygen atoms in total. The van der Waals surface area contributed by atoms with Crippen molar-refractivity contribution in [2.24, 2.45) is 5.92 Å². The third kappa shape index (κ3) is 1.43. The molecule has 1 aliphatic heterocycles. The van der Waals surface area contributed by atoms with E-state index in [0.29, 0.717) is 29.0 Å². The van der Waals surface area contributed by atoms with Crippen molar-refractivity contribution in [1.82, 2.24) is 0 Å². The molecule has 1 aromatic carbocycles. The molecule has 0 unspecified atom stereocenters. The number of rotatable bonds is 1. The molecule has 0 bridgehead atoms. The highest BCUT2D eigenvalue weighted by molar-refractivity contribution is 6.26. The lowest BCUT2D eigenvalue weighted by atomic mass is 9.86. The van der Waals surface area contributed by atoms with Crippen LogP contribution in [0.5, 0.6) is 0 Å². The van der Waals surface area contributed by atoms with Gasteiger partial charge in [-0.25, -0.2) is 0 Å². The first-order valence-electron chi connectivity index (χ1n) is 6.18. The maximum atomic E-state index is 12.3. The van der Waals surface area contributed by atoms with Gasteiger partial charge in [0.15, 0.2) is 11.5 Å². The average Bonchev–Trinajstić information content (AvgIpc) is 2.81. The topological polar surface area (TPSA) is 43.4 Å². The van der Waals surface area contributed by atoms with Gasteiger partial charge in [-0.1, -0.05) is 38.1 Å². The zero-order valence-electron chi connectivity index (χ0n) is 10.4. The van der Waals surface area contributed by atoms with E-state index in [1.165, 1.54) is 0 Å². The second kappa shape index (κ2) is 3.80. The zero-order valence-corrected chi connectivity index (χ0v) is 10.4. The van der Waals surface area contributed by atoms with Crippen LogP contribution in [0, 0.1) is 5.92 Å². The molecule has 18 heavy (non-hydrogen) atoms. The monoisotopic (exact) mass is 242 g/mol. The van der Waals surface area contributed by atoms with Crippen LogP contribution in [0.25, 0.3) is 0 Å². The van der Waals surface area contributed by atoms with Crippen molar-refractivity contribution in [2.75, 3.05) is 0 Å². The molecule has 0 N–H and O–H groups in total. The number of carbonyl (C=O) groups excluding carboxylic acids is 2. The lowest BCUT2D eigenvalue weighted by Gasteiger charge is -2.16. The first-order chi connectivity index (χ1) is 8.59. The van der Waals surface area contributed by atoms with Gasteiger partial charge in [0.05, 0.1) is 0 Å². The number of hydrogen-bond donors (Lipinski definition) is 0. The summed E-state index contributed by atoms with van der Waals surface area (Å²) in [6.07, 6.45) is 0.489. The Morgan fingerprint density at radius 3 is 2.33 bits per heavy atom. The van der Waals surface area contributed by atoms with Crippen molar-refractivity contribution < 1.29 is 14.3 Å². The number of carbonyl (C=O) groups is 2. The second-order valence-corrected chi connectivity index (χ2v) is 5.12. The van der Waals surface area contributed by atoms with E-state index >= 15 is 0 Å². The van der Waals surface area contributed by atoms with Crippen molar-refractivity contribution in [2.45, 2.75) is 26.4 Å². The number of Topliss-reactive ketones (excluding diaryl/α,β-unsaturated/α-hetero) is 2. The molecule has 0 amide bonds. The van der Waals surface area contributed by atoms with Gasteiger partial charge in [0.2, 0.25) is 5.78 Å². The third-order valence-corrected chi connectivity index (χ3v) is 3.59. The van der Waals surface area contributed by atoms with Crippen LogP contribution in [0.4, 0.5) is 0 Å². The molecule has 3 rings (SSSR count). The molecule has 1 aliphatic carbocycles. The van der Waals surface area contributed by atoms with E-state index in [1.807, 2.05) is 13.8 Å². The van der Waals surface area contributed by atoms with Gasteiger partial charge >= 0.3 is 0 Å². The lowest BCUT2D eigenvalue weighted by Crippen LogP contribution is -2.19. The quantitative estimate of drug-likeness (QED) is 0.760. The number of benzene rings is 1. The Bertz CT molecular complexity index is 534. The van der Waals surface area contributed by atoms with Crippen molar-refractivity contribution in [1.29, 1.82) is 0 Å². The highest BCUT2D eigenvalue weighted by Gasteiger charge is 2.40. The average molecular weight is 242 g/mol. The summed E-state index contributed by atoms with van der Waals surface area (Å²) in [6, 6.07) is 6.95. The molecule has 0 saturated heterocycles. The molecular formula is C15H14O3. The third-order valence-electron chi connectivity index (χ3n) is 3.59. The molecule has 1 aromatic rings. The molecular weight excluding hydrogens is 228 g/mol. The minimum atomic E-state index is -0.150. The predicted octanol–water partition coefficient (Wildman–Crippen LogP) is 2.76. The number of fused-ring (bicyclic) bond motifs is 1. The summed E-state index contributed by atoms with van der Waals surface area (Å²) in [5.74, 6) is 0.364. The second-order valence-electron chi connectivity index (χ2n) is 5.12. The van der Waals surface area contributed by atoms with Crippen LogP contribution in [0.1, 0.15) is 41.0 Å². The number of hydrogen-bond acceptors (Lipinski definition) is 3. The van der Waals surface area contributed by atoms with E-state index < -0.39 is 0 Å². The fraction of sp³-hybridized carbons (Fsp3) is 0.333. The van der Waals surface area contributed by atoms with E-state index in [0.717, 1.165) is 0 Å².